The maximum Gasteiger partial charge on any atom is 0.106 e. The van der Waals surface area contributed by atoms with Crippen LogP contribution in [0.1, 0.15) is 17.2 Å². The monoisotopic (exact) mass is 318 g/mol. The quantitative estimate of drug-likeness (QED) is 0.854. The van der Waals surface area contributed by atoms with Crippen molar-refractivity contribution in [3.8, 4) is 0 Å². The average molecular weight is 319 g/mol. The normalized spacial score (nSPS) is 16.5. The van der Waals surface area contributed by atoms with Crippen molar-refractivity contribution in [2.75, 3.05) is 36.9 Å². The Bertz CT molecular complexity index is 640. The Morgan fingerprint density at radius 2 is 1.77 bits per heavy atom. The molecule has 1 aliphatic heterocycles. The maximum absolute atomic E-state index is 10.8. The molecule has 22 heavy (non-hydrogen) atoms. The van der Waals surface area contributed by atoms with E-state index < -0.39 is 6.10 Å². The van der Waals surface area contributed by atoms with E-state index in [1.807, 2.05) is 30.3 Å². The number of nitrogens with zero attached hydrogens (tertiary/aromatic N) is 1. The first-order chi connectivity index (χ1) is 10.6. The summed E-state index contributed by atoms with van der Waals surface area (Å²) < 4.78 is 5.40. The Morgan fingerprint density at radius 3 is 2.45 bits per heavy atom. The summed E-state index contributed by atoms with van der Waals surface area (Å²) in [6.07, 6.45) is -0.737. The molecule has 0 bridgehead atoms. The molecular weight excluding hydrogens is 300 g/mol. The number of hydrogen-bond donors (Lipinski definition) is 2. The number of ether oxygens (including phenoxy) is 1. The Morgan fingerprint density at radius 1 is 1.09 bits per heavy atom. The van der Waals surface area contributed by atoms with E-state index >= 15 is 0 Å². The van der Waals surface area contributed by atoms with Gasteiger partial charge in [-0.15, -0.1) is 0 Å². The third-order valence-electron chi connectivity index (χ3n) is 3.88. The van der Waals surface area contributed by atoms with Crippen molar-refractivity contribution >= 4 is 23.0 Å². The second-order valence-electron chi connectivity index (χ2n) is 5.37. The Kier molecular flexibility index (Phi) is 4.52. The highest BCUT2D eigenvalue weighted by Gasteiger charge is 2.20. The zero-order chi connectivity index (χ0) is 15.5. The zero-order valence-electron chi connectivity index (χ0n) is 12.2. The predicted molar refractivity (Wildman–Crippen MR) is 89.4 cm³/mol. The lowest BCUT2D eigenvalue weighted by Crippen LogP contribution is -2.37. The lowest BCUT2D eigenvalue weighted by molar-refractivity contribution is 0.122. The first-order valence-electron chi connectivity index (χ1n) is 7.31. The second kappa shape index (κ2) is 6.57. The molecule has 2 aromatic rings. The minimum Gasteiger partial charge on any atom is -0.399 e. The first-order valence-corrected chi connectivity index (χ1v) is 7.68. The molecule has 0 saturated carbocycles. The van der Waals surface area contributed by atoms with Crippen molar-refractivity contribution in [2.45, 2.75) is 6.10 Å². The Labute approximate surface area is 135 Å². The summed E-state index contributed by atoms with van der Waals surface area (Å²) in [5, 5.41) is 11.4. The second-order valence-corrected chi connectivity index (χ2v) is 5.81. The fourth-order valence-electron chi connectivity index (χ4n) is 2.71. The maximum atomic E-state index is 10.8. The molecule has 0 unspecified atom stereocenters. The largest absolute Gasteiger partial charge is 0.399 e. The van der Waals surface area contributed by atoms with Gasteiger partial charge in [-0.3, -0.25) is 0 Å². The SMILES string of the molecule is Nc1ccc(N2CCOCC2)c([C@H](O)c2ccc(Cl)cc2)c1. The number of halogens is 1. The van der Waals surface area contributed by atoms with Gasteiger partial charge < -0.3 is 20.5 Å². The number of benzene rings is 2. The van der Waals surface area contributed by atoms with Crippen molar-refractivity contribution in [1.29, 1.82) is 0 Å². The number of nitrogen functional groups attached to an aromatic ring is 1. The molecule has 0 amide bonds. The summed E-state index contributed by atoms with van der Waals surface area (Å²) >= 11 is 5.92. The molecule has 0 aliphatic carbocycles. The van der Waals surface area contributed by atoms with E-state index in [1.165, 1.54) is 0 Å². The van der Waals surface area contributed by atoms with Crippen LogP contribution >= 0.6 is 11.6 Å². The molecule has 116 valence electrons. The molecule has 1 saturated heterocycles. The number of anilines is 2. The van der Waals surface area contributed by atoms with Gasteiger partial charge in [0.2, 0.25) is 0 Å². The summed E-state index contributed by atoms with van der Waals surface area (Å²) in [5.74, 6) is 0. The molecule has 0 spiro atoms. The molecule has 1 aliphatic rings. The van der Waals surface area contributed by atoms with Gasteiger partial charge in [0.1, 0.15) is 6.10 Å². The molecular formula is C17H19ClN2O2. The van der Waals surface area contributed by atoms with Crippen molar-refractivity contribution in [2.24, 2.45) is 0 Å². The van der Waals surface area contributed by atoms with Crippen LogP contribution in [0.25, 0.3) is 0 Å². The molecule has 1 fully saturated rings. The number of hydrogen-bond acceptors (Lipinski definition) is 4. The van der Waals surface area contributed by atoms with E-state index in [0.29, 0.717) is 23.9 Å². The van der Waals surface area contributed by atoms with Crippen molar-refractivity contribution < 1.29 is 9.84 Å². The molecule has 1 atom stereocenters. The van der Waals surface area contributed by atoms with Gasteiger partial charge in [0.25, 0.3) is 0 Å². The van der Waals surface area contributed by atoms with Crippen LogP contribution in [0.5, 0.6) is 0 Å². The molecule has 3 rings (SSSR count). The van der Waals surface area contributed by atoms with E-state index in [2.05, 4.69) is 4.90 Å². The van der Waals surface area contributed by atoms with Crippen LogP contribution in [0.15, 0.2) is 42.5 Å². The van der Waals surface area contributed by atoms with E-state index in [-0.39, 0.29) is 0 Å². The van der Waals surface area contributed by atoms with Crippen LogP contribution in [0.2, 0.25) is 5.02 Å². The third-order valence-corrected chi connectivity index (χ3v) is 4.14. The molecule has 0 radical (unpaired) electrons. The summed E-state index contributed by atoms with van der Waals surface area (Å²) in [6, 6.07) is 12.9. The van der Waals surface area contributed by atoms with E-state index in [1.54, 1.807) is 12.1 Å². The topological polar surface area (TPSA) is 58.7 Å². The number of rotatable bonds is 3. The Hall–Kier alpha value is -1.75. The van der Waals surface area contributed by atoms with Gasteiger partial charge in [-0.1, -0.05) is 23.7 Å². The van der Waals surface area contributed by atoms with Crippen LogP contribution in [-0.2, 0) is 4.74 Å². The van der Waals surface area contributed by atoms with Crippen LogP contribution < -0.4 is 10.6 Å². The molecule has 2 aromatic carbocycles. The molecule has 4 nitrogen and oxygen atoms in total. The van der Waals surface area contributed by atoms with Crippen LogP contribution in [0.4, 0.5) is 11.4 Å². The highest BCUT2D eigenvalue weighted by atomic mass is 35.5. The average Bonchev–Trinajstić information content (AvgIpc) is 2.55. The van der Waals surface area contributed by atoms with Gasteiger partial charge in [-0.2, -0.15) is 0 Å². The number of morpholine rings is 1. The van der Waals surface area contributed by atoms with Crippen LogP contribution in [0, 0.1) is 0 Å². The molecule has 0 aromatic heterocycles. The zero-order valence-corrected chi connectivity index (χ0v) is 13.0. The standard InChI is InChI=1S/C17H19ClN2O2/c18-13-3-1-12(2-4-13)17(21)15-11-14(19)5-6-16(15)20-7-9-22-10-8-20/h1-6,11,17,21H,7-10,19H2/t17-/m1/s1. The number of aliphatic hydroxyl groups is 1. The number of aliphatic hydroxyl groups excluding tert-OH is 1. The van der Waals surface area contributed by atoms with Gasteiger partial charge in [0, 0.05) is 35.1 Å². The minimum atomic E-state index is -0.737. The van der Waals surface area contributed by atoms with Gasteiger partial charge >= 0.3 is 0 Å². The van der Waals surface area contributed by atoms with Crippen molar-refractivity contribution in [3.63, 3.8) is 0 Å². The highest BCUT2D eigenvalue weighted by Crippen LogP contribution is 2.33. The van der Waals surface area contributed by atoms with Gasteiger partial charge in [0.15, 0.2) is 0 Å². The summed E-state index contributed by atoms with van der Waals surface area (Å²) in [7, 11) is 0. The van der Waals surface area contributed by atoms with Crippen molar-refractivity contribution in [1.82, 2.24) is 0 Å². The highest BCUT2D eigenvalue weighted by molar-refractivity contribution is 6.30. The van der Waals surface area contributed by atoms with E-state index in [9.17, 15) is 5.11 Å². The summed E-state index contributed by atoms with van der Waals surface area (Å²) in [6.45, 7) is 3.01. The summed E-state index contributed by atoms with van der Waals surface area (Å²) in [4.78, 5) is 2.22. The third kappa shape index (κ3) is 3.19. The number of nitrogens with two attached hydrogens (primary N) is 1. The minimum absolute atomic E-state index is 0.639. The van der Waals surface area contributed by atoms with Gasteiger partial charge in [0.05, 0.1) is 13.2 Å². The lowest BCUT2D eigenvalue weighted by atomic mass is 9.98. The molecule has 3 N–H and O–H groups in total. The van der Waals surface area contributed by atoms with Gasteiger partial charge in [-0.05, 0) is 35.9 Å². The Balaban J connectivity index is 1.97. The summed E-state index contributed by atoms with van der Waals surface area (Å²) in [5.41, 5.74) is 9.17. The van der Waals surface area contributed by atoms with E-state index in [0.717, 1.165) is 29.9 Å². The lowest BCUT2D eigenvalue weighted by Gasteiger charge is -2.31. The first kappa shape index (κ1) is 15.2. The smallest absolute Gasteiger partial charge is 0.106 e. The van der Waals surface area contributed by atoms with Crippen LogP contribution in [-0.4, -0.2) is 31.4 Å². The molecule has 1 heterocycles. The van der Waals surface area contributed by atoms with Crippen molar-refractivity contribution in [3.05, 3.63) is 58.6 Å². The predicted octanol–water partition coefficient (Wildman–Crippen LogP) is 2.84. The van der Waals surface area contributed by atoms with Crippen LogP contribution in [0.3, 0.4) is 0 Å². The van der Waals surface area contributed by atoms with Gasteiger partial charge in [-0.25, -0.2) is 0 Å². The van der Waals surface area contributed by atoms with E-state index in [4.69, 9.17) is 22.1 Å². The fraction of sp³-hybridized carbons (Fsp3) is 0.294. The fourth-order valence-corrected chi connectivity index (χ4v) is 2.83. The molecule has 5 heteroatoms.